The molecule has 0 unspecified atom stereocenters. The van der Waals surface area contributed by atoms with Gasteiger partial charge in [0.25, 0.3) is 5.91 Å². The van der Waals surface area contributed by atoms with Gasteiger partial charge in [0.15, 0.2) is 6.61 Å². The van der Waals surface area contributed by atoms with Gasteiger partial charge in [-0.05, 0) is 53.9 Å². The van der Waals surface area contributed by atoms with E-state index in [1.807, 2.05) is 60.7 Å². The Morgan fingerprint density at radius 1 is 0.917 bits per heavy atom. The number of hydrogen-bond acceptors (Lipinski definition) is 5. The van der Waals surface area contributed by atoms with Gasteiger partial charge in [-0.1, -0.05) is 62.1 Å². The van der Waals surface area contributed by atoms with E-state index in [2.05, 4.69) is 5.32 Å². The van der Waals surface area contributed by atoms with Crippen molar-refractivity contribution in [3.63, 3.8) is 0 Å². The zero-order chi connectivity index (χ0) is 24.9. The third-order valence-electron chi connectivity index (χ3n) is 6.83. The molecule has 1 aliphatic carbocycles. The smallest absolute Gasteiger partial charge is 0.339 e. The molecule has 0 aliphatic heterocycles. The Balaban J connectivity index is 1.38. The summed E-state index contributed by atoms with van der Waals surface area (Å²) >= 11 is 0. The number of methoxy groups -OCH3 is 1. The molecule has 1 fully saturated rings. The molecule has 0 bridgehead atoms. The van der Waals surface area contributed by atoms with E-state index in [4.69, 9.17) is 14.5 Å². The standard InChI is InChI=1S/C30H30N2O4/c1-35-24-15-14-20-16-22(13-12-21(20)17-24)28-18-26(25-10-6-7-11-27(25)32-28)30(34)36-19-29(33)31-23-8-4-2-3-5-9-23/h6-7,10-18,23H,2-5,8-9,19H2,1H3,(H,31,33). The van der Waals surface area contributed by atoms with Gasteiger partial charge in [0.2, 0.25) is 0 Å². The molecule has 36 heavy (non-hydrogen) atoms. The monoisotopic (exact) mass is 482 g/mol. The topological polar surface area (TPSA) is 77.5 Å². The van der Waals surface area contributed by atoms with Gasteiger partial charge in [0, 0.05) is 17.0 Å². The first-order valence-electron chi connectivity index (χ1n) is 12.6. The number of nitrogens with one attached hydrogen (secondary N) is 1. The second kappa shape index (κ2) is 10.8. The number of carbonyl (C=O) groups is 2. The van der Waals surface area contributed by atoms with Crippen LogP contribution >= 0.6 is 0 Å². The van der Waals surface area contributed by atoms with Crippen LogP contribution in [0, 0.1) is 0 Å². The van der Waals surface area contributed by atoms with Crippen molar-refractivity contribution in [2.45, 2.75) is 44.6 Å². The van der Waals surface area contributed by atoms with E-state index >= 15 is 0 Å². The highest BCUT2D eigenvalue weighted by Crippen LogP contribution is 2.29. The molecule has 1 heterocycles. The molecule has 3 aromatic carbocycles. The van der Waals surface area contributed by atoms with Crippen LogP contribution in [0.25, 0.3) is 32.9 Å². The van der Waals surface area contributed by atoms with Gasteiger partial charge in [-0.3, -0.25) is 4.79 Å². The Morgan fingerprint density at radius 2 is 1.67 bits per heavy atom. The van der Waals surface area contributed by atoms with Gasteiger partial charge in [0.05, 0.1) is 23.9 Å². The average molecular weight is 483 g/mol. The molecular formula is C30H30N2O4. The fraction of sp³-hybridized carbons (Fsp3) is 0.300. The Labute approximate surface area is 210 Å². The average Bonchev–Trinajstić information content (AvgIpc) is 3.19. The molecule has 1 aliphatic rings. The molecule has 1 aromatic heterocycles. The maximum absolute atomic E-state index is 13.1. The molecule has 6 nitrogen and oxygen atoms in total. The first-order valence-corrected chi connectivity index (χ1v) is 12.6. The number of rotatable bonds is 6. The number of fused-ring (bicyclic) bond motifs is 2. The third kappa shape index (κ3) is 5.33. The van der Waals surface area contributed by atoms with Crippen LogP contribution in [0.4, 0.5) is 0 Å². The Hall–Kier alpha value is -3.93. The summed E-state index contributed by atoms with van der Waals surface area (Å²) in [4.78, 5) is 30.4. The zero-order valence-electron chi connectivity index (χ0n) is 20.5. The van der Waals surface area contributed by atoms with Crippen molar-refractivity contribution in [3.8, 4) is 17.0 Å². The van der Waals surface area contributed by atoms with Crippen molar-refractivity contribution >= 4 is 33.6 Å². The summed E-state index contributed by atoms with van der Waals surface area (Å²) < 4.78 is 10.8. The van der Waals surface area contributed by atoms with E-state index in [1.54, 1.807) is 13.2 Å². The number of amides is 1. The number of pyridine rings is 1. The van der Waals surface area contributed by atoms with Gasteiger partial charge in [-0.25, -0.2) is 9.78 Å². The summed E-state index contributed by atoms with van der Waals surface area (Å²) in [5.74, 6) is 0.0161. The van der Waals surface area contributed by atoms with E-state index in [0.717, 1.165) is 47.8 Å². The highest BCUT2D eigenvalue weighted by atomic mass is 16.5. The van der Waals surface area contributed by atoms with Gasteiger partial charge < -0.3 is 14.8 Å². The molecular weight excluding hydrogens is 452 g/mol. The second-order valence-corrected chi connectivity index (χ2v) is 9.33. The van der Waals surface area contributed by atoms with Crippen molar-refractivity contribution in [1.29, 1.82) is 0 Å². The molecule has 184 valence electrons. The van der Waals surface area contributed by atoms with E-state index in [0.29, 0.717) is 22.2 Å². The fourth-order valence-corrected chi connectivity index (χ4v) is 4.90. The summed E-state index contributed by atoms with van der Waals surface area (Å²) in [6.07, 6.45) is 6.64. The van der Waals surface area contributed by atoms with Crippen LogP contribution in [-0.4, -0.2) is 36.6 Å². The van der Waals surface area contributed by atoms with Crippen molar-refractivity contribution in [2.24, 2.45) is 0 Å². The highest BCUT2D eigenvalue weighted by Gasteiger charge is 2.19. The molecule has 1 amide bonds. The minimum atomic E-state index is -0.531. The SMILES string of the molecule is COc1ccc2cc(-c3cc(C(=O)OCC(=O)NC4CCCCCC4)c4ccccc4n3)ccc2c1. The lowest BCUT2D eigenvalue weighted by Gasteiger charge is -2.16. The number of benzene rings is 3. The number of hydrogen-bond donors (Lipinski definition) is 1. The number of carbonyl (C=O) groups excluding carboxylic acids is 2. The quantitative estimate of drug-likeness (QED) is 0.267. The van der Waals surface area contributed by atoms with E-state index in [1.165, 1.54) is 12.8 Å². The molecule has 1 saturated carbocycles. The van der Waals surface area contributed by atoms with Crippen LogP contribution in [0.15, 0.2) is 66.7 Å². The van der Waals surface area contributed by atoms with Gasteiger partial charge in [0.1, 0.15) is 5.75 Å². The van der Waals surface area contributed by atoms with Crippen LogP contribution in [-0.2, 0) is 9.53 Å². The lowest BCUT2D eigenvalue weighted by atomic mass is 10.0. The summed E-state index contributed by atoms with van der Waals surface area (Å²) in [7, 11) is 1.65. The van der Waals surface area contributed by atoms with Crippen molar-refractivity contribution in [2.75, 3.05) is 13.7 Å². The Bertz CT molecular complexity index is 1410. The molecule has 5 rings (SSSR count). The van der Waals surface area contributed by atoms with Gasteiger partial charge in [-0.2, -0.15) is 0 Å². The maximum atomic E-state index is 13.1. The predicted molar refractivity (Wildman–Crippen MR) is 141 cm³/mol. The number of aromatic nitrogens is 1. The highest BCUT2D eigenvalue weighted by molar-refractivity contribution is 6.05. The van der Waals surface area contributed by atoms with Crippen molar-refractivity contribution in [3.05, 3.63) is 72.3 Å². The molecule has 0 radical (unpaired) electrons. The van der Waals surface area contributed by atoms with Crippen molar-refractivity contribution in [1.82, 2.24) is 10.3 Å². The van der Waals surface area contributed by atoms with Crippen LogP contribution in [0.1, 0.15) is 48.9 Å². The first-order chi connectivity index (χ1) is 17.6. The summed E-state index contributed by atoms with van der Waals surface area (Å²) in [5, 5.41) is 5.82. The summed E-state index contributed by atoms with van der Waals surface area (Å²) in [6, 6.07) is 21.3. The van der Waals surface area contributed by atoms with Crippen LogP contribution < -0.4 is 10.1 Å². The second-order valence-electron chi connectivity index (χ2n) is 9.33. The lowest BCUT2D eigenvalue weighted by Crippen LogP contribution is -2.37. The number of esters is 1. The maximum Gasteiger partial charge on any atom is 0.339 e. The molecule has 4 aromatic rings. The largest absolute Gasteiger partial charge is 0.497 e. The number of para-hydroxylation sites is 1. The lowest BCUT2D eigenvalue weighted by molar-refractivity contribution is -0.125. The van der Waals surface area contributed by atoms with Crippen LogP contribution in [0.2, 0.25) is 0 Å². The Kier molecular flexibility index (Phi) is 7.12. The minimum absolute atomic E-state index is 0.167. The predicted octanol–water partition coefficient (Wildman–Crippen LogP) is 6.06. The minimum Gasteiger partial charge on any atom is -0.497 e. The number of nitrogens with zero attached hydrogens (tertiary/aromatic N) is 1. The number of ether oxygens (including phenoxy) is 2. The third-order valence-corrected chi connectivity index (χ3v) is 6.83. The molecule has 0 atom stereocenters. The van der Waals surface area contributed by atoms with E-state index in [9.17, 15) is 9.59 Å². The van der Waals surface area contributed by atoms with E-state index in [-0.39, 0.29) is 18.6 Å². The first kappa shape index (κ1) is 23.8. The van der Waals surface area contributed by atoms with Crippen molar-refractivity contribution < 1.29 is 19.1 Å². The molecule has 0 saturated heterocycles. The van der Waals surface area contributed by atoms with Gasteiger partial charge >= 0.3 is 5.97 Å². The molecule has 6 heteroatoms. The molecule has 1 N–H and O–H groups in total. The van der Waals surface area contributed by atoms with E-state index < -0.39 is 5.97 Å². The zero-order valence-corrected chi connectivity index (χ0v) is 20.5. The summed E-state index contributed by atoms with van der Waals surface area (Å²) in [5.41, 5.74) is 2.65. The normalized spacial score (nSPS) is 14.4. The fourth-order valence-electron chi connectivity index (χ4n) is 4.90. The molecule has 0 spiro atoms. The van der Waals surface area contributed by atoms with Crippen LogP contribution in [0.5, 0.6) is 5.75 Å². The summed E-state index contributed by atoms with van der Waals surface area (Å²) in [6.45, 7) is -0.293. The Morgan fingerprint density at radius 3 is 2.47 bits per heavy atom. The van der Waals surface area contributed by atoms with Gasteiger partial charge in [-0.15, -0.1) is 0 Å². The van der Waals surface area contributed by atoms with Crippen LogP contribution in [0.3, 0.4) is 0 Å².